The number of carbonyl (C=O) groups excluding carboxylic acids is 1. The zero-order chi connectivity index (χ0) is 20.7. The third-order valence-corrected chi connectivity index (χ3v) is 6.02. The summed E-state index contributed by atoms with van der Waals surface area (Å²) in [5.74, 6) is 2.42. The molecule has 1 N–H and O–H groups in total. The molecule has 1 aromatic carbocycles. The van der Waals surface area contributed by atoms with Gasteiger partial charge < -0.3 is 19.3 Å². The maximum atomic E-state index is 12.4. The Morgan fingerprint density at radius 2 is 2.13 bits per heavy atom. The van der Waals surface area contributed by atoms with Crippen molar-refractivity contribution >= 4 is 17.7 Å². The summed E-state index contributed by atoms with van der Waals surface area (Å²) in [5, 5.41) is 7.53. The third-order valence-electron chi connectivity index (χ3n) is 4.92. The fourth-order valence-electron chi connectivity index (χ4n) is 3.47. The summed E-state index contributed by atoms with van der Waals surface area (Å²) >= 11 is 1.50. The van der Waals surface area contributed by atoms with Crippen LogP contribution in [0.4, 0.5) is 0 Å². The number of fused-ring (bicyclic) bond motifs is 2. The van der Waals surface area contributed by atoms with Gasteiger partial charge in [0.05, 0.1) is 12.6 Å². The molecular formula is C20H18N4O5S. The van der Waals surface area contributed by atoms with Gasteiger partial charge in [-0.15, -0.1) is 0 Å². The number of amides is 1. The molecule has 0 radical (unpaired) electrons. The van der Waals surface area contributed by atoms with E-state index < -0.39 is 0 Å². The predicted octanol–water partition coefficient (Wildman–Crippen LogP) is 2.29. The highest BCUT2D eigenvalue weighted by atomic mass is 32.2. The number of benzene rings is 1. The number of ether oxygens (including phenoxy) is 2. The van der Waals surface area contributed by atoms with Gasteiger partial charge in [0.1, 0.15) is 5.69 Å². The number of carbonyl (C=O) groups is 1. The van der Waals surface area contributed by atoms with Crippen LogP contribution < -0.4 is 20.3 Å². The largest absolute Gasteiger partial charge is 0.454 e. The first kappa shape index (κ1) is 18.7. The van der Waals surface area contributed by atoms with E-state index >= 15 is 0 Å². The van der Waals surface area contributed by atoms with Crippen LogP contribution >= 0.6 is 11.8 Å². The van der Waals surface area contributed by atoms with Crippen LogP contribution in [0.5, 0.6) is 11.5 Å². The lowest BCUT2D eigenvalue weighted by atomic mass is 10.1. The van der Waals surface area contributed by atoms with Crippen LogP contribution in [-0.4, -0.2) is 33.2 Å². The molecule has 0 saturated heterocycles. The molecule has 0 aliphatic carbocycles. The molecule has 2 aromatic heterocycles. The van der Waals surface area contributed by atoms with Gasteiger partial charge in [0.25, 0.3) is 5.56 Å². The first-order valence-corrected chi connectivity index (χ1v) is 10.4. The van der Waals surface area contributed by atoms with E-state index in [4.69, 9.17) is 14.0 Å². The van der Waals surface area contributed by atoms with E-state index in [1.807, 2.05) is 18.2 Å². The normalized spacial score (nSPS) is 16.5. The van der Waals surface area contributed by atoms with Crippen LogP contribution in [0.15, 0.2) is 44.8 Å². The molecule has 2 aliphatic rings. The molecule has 5 rings (SSSR count). The standard InChI is InChI=1S/C20H18N4O5S/c1-11-4-19(26)24-14(9-30-20(24)22-11)7-18(25)21-8-13-6-16(29-23-13)12-2-3-15-17(5-12)28-10-27-15/h2-6,14H,7-10H2,1H3,(H,21,25)/t14-/m0/s1. The molecule has 1 atom stereocenters. The minimum absolute atomic E-state index is 0.120. The summed E-state index contributed by atoms with van der Waals surface area (Å²) in [6.07, 6.45) is 0.206. The van der Waals surface area contributed by atoms with Crippen LogP contribution in [0.1, 0.15) is 23.9 Å². The van der Waals surface area contributed by atoms with E-state index in [0.29, 0.717) is 39.6 Å². The second-order valence-electron chi connectivity index (χ2n) is 7.08. The lowest BCUT2D eigenvalue weighted by Gasteiger charge is -2.12. The van der Waals surface area contributed by atoms with Crippen molar-refractivity contribution in [3.8, 4) is 22.8 Å². The summed E-state index contributed by atoms with van der Waals surface area (Å²) < 4.78 is 17.7. The van der Waals surface area contributed by atoms with Crippen LogP contribution in [0, 0.1) is 6.92 Å². The number of nitrogens with one attached hydrogen (secondary N) is 1. The molecule has 4 heterocycles. The van der Waals surface area contributed by atoms with Gasteiger partial charge in [0.15, 0.2) is 22.4 Å². The molecule has 154 valence electrons. The van der Waals surface area contributed by atoms with Gasteiger partial charge in [-0.25, -0.2) is 4.98 Å². The topological polar surface area (TPSA) is 108 Å². The second kappa shape index (κ2) is 7.52. The summed E-state index contributed by atoms with van der Waals surface area (Å²) in [6, 6.07) is 8.57. The zero-order valence-electron chi connectivity index (χ0n) is 16.1. The molecule has 10 heteroatoms. The SMILES string of the molecule is Cc1cc(=O)n2c(n1)SC[C@@H]2CC(=O)NCc1cc(-c2ccc3c(c2)OCO3)on1. The van der Waals surface area contributed by atoms with E-state index in [-0.39, 0.29) is 37.3 Å². The summed E-state index contributed by atoms with van der Waals surface area (Å²) in [7, 11) is 0. The van der Waals surface area contributed by atoms with Gasteiger partial charge in [-0.1, -0.05) is 16.9 Å². The van der Waals surface area contributed by atoms with E-state index in [1.54, 1.807) is 17.6 Å². The summed E-state index contributed by atoms with van der Waals surface area (Å²) in [5.41, 5.74) is 1.98. The number of hydrogen-bond donors (Lipinski definition) is 1. The third kappa shape index (κ3) is 3.54. The van der Waals surface area contributed by atoms with Crippen molar-refractivity contribution in [3.05, 3.63) is 52.1 Å². The molecule has 3 aromatic rings. The van der Waals surface area contributed by atoms with Crippen LogP contribution in [0.3, 0.4) is 0 Å². The van der Waals surface area contributed by atoms with Crippen molar-refractivity contribution in [3.63, 3.8) is 0 Å². The number of thioether (sulfide) groups is 1. The van der Waals surface area contributed by atoms with Gasteiger partial charge in [0, 0.05) is 35.6 Å². The smallest absolute Gasteiger partial charge is 0.254 e. The van der Waals surface area contributed by atoms with E-state index in [0.717, 1.165) is 5.56 Å². The number of aromatic nitrogens is 3. The minimum atomic E-state index is -0.202. The van der Waals surface area contributed by atoms with Gasteiger partial charge >= 0.3 is 0 Å². The Hall–Kier alpha value is -3.27. The molecule has 0 spiro atoms. The van der Waals surface area contributed by atoms with Crippen molar-refractivity contribution in [1.82, 2.24) is 20.0 Å². The highest BCUT2D eigenvalue weighted by Crippen LogP contribution is 2.36. The Morgan fingerprint density at radius 1 is 1.27 bits per heavy atom. The Labute approximate surface area is 175 Å². The Bertz CT molecular complexity index is 1190. The molecule has 0 bridgehead atoms. The number of nitrogens with zero attached hydrogens (tertiary/aromatic N) is 3. The molecule has 2 aliphatic heterocycles. The monoisotopic (exact) mass is 426 g/mol. The fourth-order valence-corrected chi connectivity index (χ4v) is 4.66. The van der Waals surface area contributed by atoms with Crippen molar-refractivity contribution in [2.45, 2.75) is 31.1 Å². The van der Waals surface area contributed by atoms with Gasteiger partial charge in [0.2, 0.25) is 12.7 Å². The number of hydrogen-bond acceptors (Lipinski definition) is 8. The van der Waals surface area contributed by atoms with Crippen molar-refractivity contribution in [2.24, 2.45) is 0 Å². The Morgan fingerprint density at radius 3 is 3.03 bits per heavy atom. The molecule has 30 heavy (non-hydrogen) atoms. The van der Waals surface area contributed by atoms with Crippen LogP contribution in [0.25, 0.3) is 11.3 Å². The summed E-state index contributed by atoms with van der Waals surface area (Å²) in [4.78, 5) is 29.0. The Balaban J connectivity index is 1.21. The van der Waals surface area contributed by atoms with Crippen molar-refractivity contribution in [1.29, 1.82) is 0 Å². The average Bonchev–Trinajstić information content (AvgIpc) is 3.45. The van der Waals surface area contributed by atoms with E-state index in [2.05, 4.69) is 15.5 Å². The maximum absolute atomic E-state index is 12.4. The van der Waals surface area contributed by atoms with Gasteiger partial charge in [-0.2, -0.15) is 0 Å². The minimum Gasteiger partial charge on any atom is -0.454 e. The van der Waals surface area contributed by atoms with Gasteiger partial charge in [-0.05, 0) is 25.1 Å². The molecule has 0 saturated carbocycles. The molecule has 9 nitrogen and oxygen atoms in total. The quantitative estimate of drug-likeness (QED) is 0.619. The van der Waals surface area contributed by atoms with Crippen molar-refractivity contribution < 1.29 is 18.8 Å². The molecular weight excluding hydrogens is 408 g/mol. The lowest BCUT2D eigenvalue weighted by molar-refractivity contribution is -0.121. The first-order chi connectivity index (χ1) is 14.6. The van der Waals surface area contributed by atoms with Crippen LogP contribution in [0.2, 0.25) is 0 Å². The Kier molecular flexibility index (Phi) is 4.70. The van der Waals surface area contributed by atoms with Gasteiger partial charge in [-0.3, -0.25) is 14.2 Å². The zero-order valence-corrected chi connectivity index (χ0v) is 16.9. The maximum Gasteiger partial charge on any atom is 0.254 e. The van der Waals surface area contributed by atoms with Crippen LogP contribution in [-0.2, 0) is 11.3 Å². The average molecular weight is 426 g/mol. The number of rotatable bonds is 5. The van der Waals surface area contributed by atoms with E-state index in [9.17, 15) is 9.59 Å². The van der Waals surface area contributed by atoms with E-state index in [1.165, 1.54) is 17.8 Å². The highest BCUT2D eigenvalue weighted by Gasteiger charge is 2.27. The predicted molar refractivity (Wildman–Crippen MR) is 108 cm³/mol. The molecule has 0 fully saturated rings. The van der Waals surface area contributed by atoms with Crippen molar-refractivity contribution in [2.75, 3.05) is 12.5 Å². The second-order valence-corrected chi connectivity index (χ2v) is 8.07. The molecule has 1 amide bonds. The summed E-state index contributed by atoms with van der Waals surface area (Å²) in [6.45, 7) is 2.23. The number of aryl methyl sites for hydroxylation is 1. The lowest BCUT2D eigenvalue weighted by Crippen LogP contribution is -2.30. The fraction of sp³-hybridized carbons (Fsp3) is 0.300. The highest BCUT2D eigenvalue weighted by molar-refractivity contribution is 7.99. The first-order valence-electron chi connectivity index (χ1n) is 9.42. The molecule has 0 unspecified atom stereocenters.